The Morgan fingerprint density at radius 3 is 2.75 bits per heavy atom. The summed E-state index contributed by atoms with van der Waals surface area (Å²) < 4.78 is 25.8. The van der Waals surface area contributed by atoms with Crippen molar-refractivity contribution in [3.8, 4) is 0 Å². The Hall–Kier alpha value is -2.11. The van der Waals surface area contributed by atoms with E-state index >= 15 is 0 Å². The summed E-state index contributed by atoms with van der Waals surface area (Å²) in [6.07, 6.45) is 0.784. The molecule has 0 fully saturated rings. The summed E-state index contributed by atoms with van der Waals surface area (Å²) in [5, 5.41) is 11.1. The number of Topliss-reactive ketones (excluding diaryl/α,β-unsaturated/α-hetero) is 1. The summed E-state index contributed by atoms with van der Waals surface area (Å²) in [4.78, 5) is 11.5. The van der Waals surface area contributed by atoms with Crippen molar-refractivity contribution >= 4 is 18.8 Å². The molecule has 0 saturated carbocycles. The molecule has 0 bridgehead atoms. The molecule has 0 atom stereocenters. The highest BCUT2D eigenvalue weighted by Crippen LogP contribution is 2.10. The summed E-state index contributed by atoms with van der Waals surface area (Å²) >= 11 is 0. The zero-order valence-electron chi connectivity index (χ0n) is 8.28. The fourth-order valence-electron chi connectivity index (χ4n) is 1.08. The van der Waals surface area contributed by atoms with Gasteiger partial charge < -0.3 is 0 Å². The quantitative estimate of drug-likeness (QED) is 0.358. The van der Waals surface area contributed by atoms with Gasteiger partial charge in [0, 0.05) is 12.8 Å². The van der Waals surface area contributed by atoms with E-state index in [2.05, 4.69) is 11.8 Å². The summed E-state index contributed by atoms with van der Waals surface area (Å²) in [7, 11) is 0. The van der Waals surface area contributed by atoms with Gasteiger partial charge in [0.05, 0.1) is 5.56 Å². The van der Waals surface area contributed by atoms with E-state index in [1.807, 2.05) is 0 Å². The first-order chi connectivity index (χ1) is 7.58. The Kier molecular flexibility index (Phi) is 3.82. The highest BCUT2D eigenvalue weighted by Gasteiger charge is 2.14. The third kappa shape index (κ3) is 2.69. The van der Waals surface area contributed by atoms with E-state index in [1.54, 1.807) is 0 Å². The lowest BCUT2D eigenvalue weighted by Crippen LogP contribution is -2.23. The number of hydrazone groups is 1. The van der Waals surface area contributed by atoms with E-state index in [0.29, 0.717) is 6.07 Å². The maximum absolute atomic E-state index is 13.2. The number of hydrogen-bond acceptors (Lipinski definition) is 3. The molecule has 0 spiro atoms. The number of carbonyl (C=O) groups excluding carboxylic acids is 1. The summed E-state index contributed by atoms with van der Waals surface area (Å²) in [5.41, 5.74) is -0.239. The number of hydrogen-bond donors (Lipinski definition) is 1. The van der Waals surface area contributed by atoms with Gasteiger partial charge in [0.15, 0.2) is 5.78 Å². The second-order valence-electron chi connectivity index (χ2n) is 2.92. The predicted octanol–water partition coefficient (Wildman–Crippen LogP) is 1.67. The molecule has 6 heteroatoms. The minimum absolute atomic E-state index is 0.239. The third-order valence-corrected chi connectivity index (χ3v) is 1.87. The number of ketones is 1. The largest absolute Gasteiger partial charge is 0.292 e. The van der Waals surface area contributed by atoms with Crippen molar-refractivity contribution in [1.29, 1.82) is 5.41 Å². The van der Waals surface area contributed by atoms with Gasteiger partial charge in [-0.25, -0.2) is 13.8 Å². The molecule has 0 heterocycles. The molecule has 0 aliphatic carbocycles. The first-order valence-electron chi connectivity index (χ1n) is 4.30. The highest BCUT2D eigenvalue weighted by molar-refractivity contribution is 5.98. The maximum Gasteiger partial charge on any atom is 0.187 e. The van der Waals surface area contributed by atoms with Crippen molar-refractivity contribution < 1.29 is 13.6 Å². The van der Waals surface area contributed by atoms with E-state index < -0.39 is 17.4 Å². The van der Waals surface area contributed by atoms with Gasteiger partial charge in [-0.1, -0.05) is 0 Å². The van der Waals surface area contributed by atoms with Crippen LogP contribution in [-0.2, 0) is 0 Å². The third-order valence-electron chi connectivity index (χ3n) is 1.87. The van der Waals surface area contributed by atoms with Crippen LogP contribution in [0.25, 0.3) is 0 Å². The van der Waals surface area contributed by atoms with Crippen molar-refractivity contribution in [3.63, 3.8) is 0 Å². The minimum atomic E-state index is -0.931. The number of carbonyl (C=O) groups is 1. The molecule has 0 saturated heterocycles. The van der Waals surface area contributed by atoms with Crippen LogP contribution in [0.2, 0.25) is 0 Å². The predicted molar refractivity (Wildman–Crippen MR) is 55.7 cm³/mol. The first kappa shape index (κ1) is 12.0. The smallest absolute Gasteiger partial charge is 0.187 e. The lowest BCUT2D eigenvalue weighted by atomic mass is 10.1. The molecule has 0 aliphatic rings. The van der Waals surface area contributed by atoms with Crippen LogP contribution in [-0.4, -0.2) is 30.4 Å². The van der Waals surface area contributed by atoms with Gasteiger partial charge in [0.2, 0.25) is 0 Å². The Balaban J connectivity index is 2.88. The second kappa shape index (κ2) is 5.11. The van der Waals surface area contributed by atoms with E-state index in [4.69, 9.17) is 5.41 Å². The van der Waals surface area contributed by atoms with Crippen LogP contribution < -0.4 is 0 Å². The van der Waals surface area contributed by atoms with Crippen LogP contribution in [0, 0.1) is 17.0 Å². The van der Waals surface area contributed by atoms with Crippen LogP contribution in [0.5, 0.6) is 0 Å². The van der Waals surface area contributed by atoms with Crippen LogP contribution in [0.1, 0.15) is 10.4 Å². The molecule has 0 unspecified atom stereocenters. The molecule has 84 valence electrons. The maximum atomic E-state index is 13.2. The van der Waals surface area contributed by atoms with Crippen LogP contribution >= 0.6 is 0 Å². The minimum Gasteiger partial charge on any atom is -0.292 e. The number of nitrogens with zero attached hydrogens (tertiary/aromatic N) is 2. The Morgan fingerprint density at radius 2 is 2.25 bits per heavy atom. The molecule has 0 amide bonds. The highest BCUT2D eigenvalue weighted by atomic mass is 19.1. The van der Waals surface area contributed by atoms with Crippen molar-refractivity contribution in [3.05, 3.63) is 35.4 Å². The number of rotatable bonds is 5. The average Bonchev–Trinajstić information content (AvgIpc) is 2.25. The Labute approximate surface area is 90.7 Å². The molecule has 0 radical (unpaired) electrons. The van der Waals surface area contributed by atoms with Crippen LogP contribution in [0.3, 0.4) is 0 Å². The van der Waals surface area contributed by atoms with E-state index in [1.165, 1.54) is 0 Å². The molecule has 1 rings (SSSR count). The number of benzene rings is 1. The fraction of sp³-hybridized carbons (Fsp3) is 0.100. The summed E-state index contributed by atoms with van der Waals surface area (Å²) in [5.74, 6) is -2.29. The number of halogens is 2. The molecule has 0 aliphatic heterocycles. The lowest BCUT2D eigenvalue weighted by molar-refractivity contribution is 0.0962. The van der Waals surface area contributed by atoms with Gasteiger partial charge in [-0.05, 0) is 12.1 Å². The molecule has 4 nitrogen and oxygen atoms in total. The lowest BCUT2D eigenvalue weighted by Gasteiger charge is -2.10. The van der Waals surface area contributed by atoms with Gasteiger partial charge in [-0.3, -0.25) is 10.2 Å². The topological polar surface area (TPSA) is 56.5 Å². The van der Waals surface area contributed by atoms with E-state index in [9.17, 15) is 13.6 Å². The van der Waals surface area contributed by atoms with E-state index in [0.717, 1.165) is 23.5 Å². The van der Waals surface area contributed by atoms with Crippen molar-refractivity contribution in [2.45, 2.75) is 0 Å². The average molecular weight is 225 g/mol. The summed E-state index contributed by atoms with van der Waals surface area (Å²) in [6.45, 7) is 2.82. The Bertz CT molecular complexity index is 426. The zero-order chi connectivity index (χ0) is 12.1. The van der Waals surface area contributed by atoms with Gasteiger partial charge in [-0.2, -0.15) is 5.10 Å². The van der Waals surface area contributed by atoms with Gasteiger partial charge in [0.1, 0.15) is 24.5 Å². The van der Waals surface area contributed by atoms with Gasteiger partial charge in [0.25, 0.3) is 0 Å². The first-order valence-corrected chi connectivity index (χ1v) is 4.30. The number of nitrogens with one attached hydrogen (secondary N) is 1. The van der Waals surface area contributed by atoms with Crippen molar-refractivity contribution in [2.75, 3.05) is 6.54 Å². The van der Waals surface area contributed by atoms with Crippen LogP contribution in [0.4, 0.5) is 8.78 Å². The fourth-order valence-corrected chi connectivity index (χ4v) is 1.08. The van der Waals surface area contributed by atoms with Crippen molar-refractivity contribution in [2.24, 2.45) is 5.10 Å². The molecule has 1 N–H and O–H groups in total. The molecule has 1 aromatic carbocycles. The molecule has 16 heavy (non-hydrogen) atoms. The SMILES string of the molecule is C=NN(C=N)CC(=O)c1ccc(F)cc1F. The molecular formula is C10H9F2N3O. The normalized spacial score (nSPS) is 9.62. The van der Waals surface area contributed by atoms with Crippen molar-refractivity contribution in [1.82, 2.24) is 5.01 Å². The molecule has 0 aromatic heterocycles. The van der Waals surface area contributed by atoms with Gasteiger partial charge in [-0.15, -0.1) is 0 Å². The summed E-state index contributed by atoms with van der Waals surface area (Å²) in [6, 6.07) is 2.67. The molecule has 1 aromatic rings. The van der Waals surface area contributed by atoms with E-state index in [-0.39, 0.29) is 12.1 Å². The second-order valence-corrected chi connectivity index (χ2v) is 2.92. The van der Waals surface area contributed by atoms with Crippen LogP contribution in [0.15, 0.2) is 23.3 Å². The molecular weight excluding hydrogens is 216 g/mol. The monoisotopic (exact) mass is 225 g/mol. The Morgan fingerprint density at radius 1 is 1.56 bits per heavy atom. The zero-order valence-corrected chi connectivity index (χ0v) is 8.28. The standard InChI is InChI=1S/C10H9F2N3O/c1-14-15(6-13)5-10(16)8-3-2-7(11)4-9(8)12/h2-4,6,13H,1,5H2. The van der Waals surface area contributed by atoms with Gasteiger partial charge >= 0.3 is 0 Å².